The smallest absolute Gasteiger partial charge is 0.278 e. The van der Waals surface area contributed by atoms with Gasteiger partial charge in [-0.15, -0.1) is 0 Å². The number of aromatic amines is 1. The molecule has 3 N–H and O–H groups in total. The van der Waals surface area contributed by atoms with Gasteiger partial charge in [-0.05, 0) is 30.0 Å². The molecule has 30 heavy (non-hydrogen) atoms. The second-order valence-corrected chi connectivity index (χ2v) is 8.50. The first kappa shape index (κ1) is 26.5. The Balaban J connectivity index is 0.00000450. The van der Waals surface area contributed by atoms with E-state index in [9.17, 15) is 0 Å². The van der Waals surface area contributed by atoms with Gasteiger partial charge in [0.25, 0.3) is 5.82 Å². The molecule has 0 bridgehead atoms. The van der Waals surface area contributed by atoms with Crippen molar-refractivity contribution in [2.24, 2.45) is 0 Å². The molecule has 0 saturated carbocycles. The number of nitrogens with two attached hydrogens (primary N) is 1. The quantitative estimate of drug-likeness (QED) is 0.382. The van der Waals surface area contributed by atoms with Gasteiger partial charge in [-0.2, -0.15) is 0 Å². The number of rotatable bonds is 16. The van der Waals surface area contributed by atoms with Crippen molar-refractivity contribution in [1.29, 1.82) is 0 Å². The number of nitrogens with one attached hydrogen (secondary N) is 1. The molecule has 0 unspecified atom stereocenters. The zero-order valence-corrected chi connectivity index (χ0v) is 19.9. The van der Waals surface area contributed by atoms with Crippen LogP contribution in [0.4, 0.5) is 5.82 Å². The first-order valence-corrected chi connectivity index (χ1v) is 12.2. The highest BCUT2D eigenvalue weighted by atomic mass is 35.5. The van der Waals surface area contributed by atoms with Gasteiger partial charge in [0.05, 0.1) is 11.8 Å². The van der Waals surface area contributed by atoms with Crippen molar-refractivity contribution in [2.45, 2.75) is 103 Å². The number of aryl methyl sites for hydroxylation is 1. The SMILES string of the molecule is CCCCCCCCCCCCCCCCc1cc[nH+]c(N)c1-c1ccccc1.[Cl-]. The maximum Gasteiger partial charge on any atom is 0.278 e. The Hall–Kier alpha value is -1.54. The average molecular weight is 431 g/mol. The molecule has 168 valence electrons. The molecule has 0 radical (unpaired) electrons. The Labute approximate surface area is 191 Å². The number of anilines is 1. The number of hydrogen-bond donors (Lipinski definition) is 1. The molecule has 0 aliphatic rings. The summed E-state index contributed by atoms with van der Waals surface area (Å²) in [6.45, 7) is 2.29. The van der Waals surface area contributed by atoms with Crippen LogP contribution in [-0.4, -0.2) is 0 Å². The minimum absolute atomic E-state index is 0. The molecule has 3 heteroatoms. The van der Waals surface area contributed by atoms with E-state index >= 15 is 0 Å². The number of hydrogen-bond acceptors (Lipinski definition) is 1. The molecule has 0 spiro atoms. The van der Waals surface area contributed by atoms with Gasteiger partial charge in [0.15, 0.2) is 0 Å². The van der Waals surface area contributed by atoms with Crippen molar-refractivity contribution < 1.29 is 17.4 Å². The third-order valence-electron chi connectivity index (χ3n) is 5.98. The van der Waals surface area contributed by atoms with Crippen molar-refractivity contribution in [3.63, 3.8) is 0 Å². The summed E-state index contributed by atoms with van der Waals surface area (Å²) < 4.78 is 0. The lowest BCUT2D eigenvalue weighted by molar-refractivity contribution is -0.359. The fourth-order valence-electron chi connectivity index (χ4n) is 4.22. The Bertz CT molecular complexity index is 657. The highest BCUT2D eigenvalue weighted by Crippen LogP contribution is 2.28. The van der Waals surface area contributed by atoms with Gasteiger partial charge >= 0.3 is 0 Å². The topological polar surface area (TPSA) is 40.2 Å². The van der Waals surface area contributed by atoms with Crippen molar-refractivity contribution >= 4 is 5.82 Å². The number of unbranched alkanes of at least 4 members (excludes halogenated alkanes) is 13. The summed E-state index contributed by atoms with van der Waals surface area (Å²) in [7, 11) is 0. The number of H-pyrrole nitrogens is 1. The number of benzene rings is 1. The van der Waals surface area contributed by atoms with E-state index in [4.69, 9.17) is 5.73 Å². The van der Waals surface area contributed by atoms with E-state index in [1.54, 1.807) is 0 Å². The number of aromatic nitrogens is 1. The van der Waals surface area contributed by atoms with Gasteiger partial charge in [0.2, 0.25) is 0 Å². The van der Waals surface area contributed by atoms with E-state index in [1.165, 1.54) is 107 Å². The highest BCUT2D eigenvalue weighted by molar-refractivity contribution is 5.75. The van der Waals surface area contributed by atoms with Crippen molar-refractivity contribution in [2.75, 3.05) is 5.73 Å². The van der Waals surface area contributed by atoms with Crippen LogP contribution in [0.25, 0.3) is 11.1 Å². The molecule has 0 saturated heterocycles. The van der Waals surface area contributed by atoms with Crippen LogP contribution in [0.1, 0.15) is 102 Å². The van der Waals surface area contributed by atoms with E-state index in [2.05, 4.69) is 48.3 Å². The largest absolute Gasteiger partial charge is 1.00 e. The van der Waals surface area contributed by atoms with Crippen LogP contribution in [0, 0.1) is 0 Å². The van der Waals surface area contributed by atoms with E-state index in [0.717, 1.165) is 12.2 Å². The molecular weight excluding hydrogens is 388 g/mol. The third-order valence-corrected chi connectivity index (χ3v) is 5.98. The van der Waals surface area contributed by atoms with Gasteiger partial charge < -0.3 is 12.4 Å². The lowest BCUT2D eigenvalue weighted by Crippen LogP contribution is -3.00. The van der Waals surface area contributed by atoms with Crippen LogP contribution < -0.4 is 23.1 Å². The maximum absolute atomic E-state index is 6.25. The van der Waals surface area contributed by atoms with Crippen LogP contribution in [0.3, 0.4) is 0 Å². The maximum atomic E-state index is 6.25. The van der Waals surface area contributed by atoms with Gasteiger partial charge in [-0.1, -0.05) is 121 Å². The fraction of sp³-hybridized carbons (Fsp3) is 0.593. The fourth-order valence-corrected chi connectivity index (χ4v) is 4.22. The Morgan fingerprint density at radius 1 is 0.667 bits per heavy atom. The second-order valence-electron chi connectivity index (χ2n) is 8.50. The minimum atomic E-state index is 0. The van der Waals surface area contributed by atoms with E-state index < -0.39 is 0 Å². The molecule has 0 amide bonds. The molecule has 0 aliphatic carbocycles. The predicted molar refractivity (Wildman–Crippen MR) is 127 cm³/mol. The van der Waals surface area contributed by atoms with Gasteiger partial charge in [-0.25, -0.2) is 4.98 Å². The molecule has 0 atom stereocenters. The van der Waals surface area contributed by atoms with Gasteiger partial charge in [0.1, 0.15) is 0 Å². The lowest BCUT2D eigenvalue weighted by Gasteiger charge is -2.09. The Morgan fingerprint density at radius 3 is 1.70 bits per heavy atom. The molecule has 0 fully saturated rings. The summed E-state index contributed by atoms with van der Waals surface area (Å²) >= 11 is 0. The Kier molecular flexibility index (Phi) is 15.2. The number of pyridine rings is 1. The summed E-state index contributed by atoms with van der Waals surface area (Å²) in [6, 6.07) is 12.7. The zero-order chi connectivity index (χ0) is 20.6. The normalized spacial score (nSPS) is 10.7. The van der Waals surface area contributed by atoms with Crippen LogP contribution in [0.2, 0.25) is 0 Å². The first-order valence-electron chi connectivity index (χ1n) is 12.2. The second kappa shape index (κ2) is 17.2. The van der Waals surface area contributed by atoms with E-state index in [-0.39, 0.29) is 12.4 Å². The van der Waals surface area contributed by atoms with Crippen molar-refractivity contribution in [1.82, 2.24) is 0 Å². The molecule has 0 aliphatic heterocycles. The molecule has 2 rings (SSSR count). The average Bonchev–Trinajstić information content (AvgIpc) is 2.74. The predicted octanol–water partition coefficient (Wildman–Crippen LogP) is 4.78. The first-order chi connectivity index (χ1) is 14.3. The monoisotopic (exact) mass is 430 g/mol. The number of nitrogen functional groups attached to an aromatic ring is 1. The van der Waals surface area contributed by atoms with E-state index in [0.29, 0.717) is 0 Å². The molecule has 1 aromatic heterocycles. The summed E-state index contributed by atoms with van der Waals surface area (Å²) in [5, 5.41) is 0. The standard InChI is InChI=1S/C27H42N2.ClH/c1-2-3-4-5-6-7-8-9-10-11-12-13-14-16-21-25-22-23-29-27(28)26(25)24-19-17-15-18-20-24;/h15,17-20,22-23H,2-14,16,21H2,1H3,(H2,28,29);1H. The molecular formula is C27H43ClN2. The van der Waals surface area contributed by atoms with Crippen LogP contribution in [-0.2, 0) is 6.42 Å². The Morgan fingerprint density at radius 2 is 1.17 bits per heavy atom. The van der Waals surface area contributed by atoms with E-state index in [1.807, 2.05) is 6.20 Å². The van der Waals surface area contributed by atoms with Gasteiger partial charge in [-0.3, -0.25) is 5.73 Å². The minimum Gasteiger partial charge on any atom is -1.00 e. The van der Waals surface area contributed by atoms with Crippen LogP contribution in [0.15, 0.2) is 42.6 Å². The van der Waals surface area contributed by atoms with Crippen molar-refractivity contribution in [3.8, 4) is 11.1 Å². The summed E-state index contributed by atoms with van der Waals surface area (Å²) in [6.07, 6.45) is 22.7. The molecule has 1 aromatic carbocycles. The lowest BCUT2D eigenvalue weighted by atomic mass is 9.96. The summed E-state index contributed by atoms with van der Waals surface area (Å²) in [5.74, 6) is 0.777. The molecule has 1 heterocycles. The summed E-state index contributed by atoms with van der Waals surface area (Å²) in [5.41, 5.74) is 10.0. The van der Waals surface area contributed by atoms with Crippen molar-refractivity contribution in [3.05, 3.63) is 48.2 Å². The molecule has 2 aromatic rings. The zero-order valence-electron chi connectivity index (χ0n) is 19.1. The van der Waals surface area contributed by atoms with Gasteiger partial charge in [0, 0.05) is 0 Å². The third kappa shape index (κ3) is 10.5. The van der Waals surface area contributed by atoms with Crippen LogP contribution >= 0.6 is 0 Å². The molecule has 2 nitrogen and oxygen atoms in total. The summed E-state index contributed by atoms with van der Waals surface area (Å²) in [4.78, 5) is 3.17. The highest BCUT2D eigenvalue weighted by Gasteiger charge is 2.13. The van der Waals surface area contributed by atoms with Crippen LogP contribution in [0.5, 0.6) is 0 Å². The number of halogens is 1.